The maximum Gasteiger partial charge on any atom is 0.221 e. The Morgan fingerprint density at radius 1 is 1.37 bits per heavy atom. The normalized spacial score (nSPS) is 26.4. The molecule has 1 aliphatic heterocycles. The van der Waals surface area contributed by atoms with Gasteiger partial charge in [0.2, 0.25) is 5.91 Å². The lowest BCUT2D eigenvalue weighted by Gasteiger charge is -2.28. The van der Waals surface area contributed by atoms with Crippen molar-refractivity contribution in [3.63, 3.8) is 0 Å². The molecule has 1 heterocycles. The molecule has 0 saturated carbocycles. The van der Waals surface area contributed by atoms with Crippen LogP contribution >= 0.6 is 15.9 Å². The van der Waals surface area contributed by atoms with Crippen LogP contribution in [-0.4, -0.2) is 32.8 Å². The minimum Gasteiger partial charge on any atom is -0.548 e. The van der Waals surface area contributed by atoms with Crippen molar-refractivity contribution in [2.24, 2.45) is 0 Å². The largest absolute Gasteiger partial charge is 0.548 e. The lowest BCUT2D eigenvalue weighted by atomic mass is 10.2. The van der Waals surface area contributed by atoms with Crippen molar-refractivity contribution in [2.45, 2.75) is 18.3 Å². The zero-order valence-corrected chi connectivity index (χ0v) is 12.4. The number of rotatable bonds is 2. The van der Waals surface area contributed by atoms with Gasteiger partial charge in [-0.2, -0.15) is 0 Å². The number of nitrogens with zero attached hydrogens (tertiary/aromatic N) is 1. The summed E-state index contributed by atoms with van der Waals surface area (Å²) in [5.41, 5.74) is 0.653. The monoisotopic (exact) mass is 344 g/mol. The molecule has 3 atom stereocenters. The van der Waals surface area contributed by atoms with E-state index in [1.165, 1.54) is 6.92 Å². The van der Waals surface area contributed by atoms with E-state index in [1.807, 2.05) is 0 Å². The van der Waals surface area contributed by atoms with E-state index in [9.17, 15) is 18.9 Å². The van der Waals surface area contributed by atoms with Gasteiger partial charge in [-0.15, -0.1) is 0 Å². The average Bonchev–Trinajstić information content (AvgIpc) is 2.68. The average molecular weight is 345 g/mol. The zero-order chi connectivity index (χ0) is 14.2. The van der Waals surface area contributed by atoms with E-state index in [4.69, 9.17) is 0 Å². The zero-order valence-electron chi connectivity index (χ0n) is 10.0. The number of halogens is 1. The highest BCUT2D eigenvalue weighted by atomic mass is 79.9. The smallest absolute Gasteiger partial charge is 0.221 e. The Bertz CT molecular complexity index is 545. The second kappa shape index (κ2) is 5.42. The number of hydrogen-bond donors (Lipinski definition) is 0. The number of carboxylic acid groups (broad SMARTS) is 1. The third-order valence-electron chi connectivity index (χ3n) is 2.95. The van der Waals surface area contributed by atoms with E-state index in [2.05, 4.69) is 15.9 Å². The molecule has 2 rings (SSSR count). The van der Waals surface area contributed by atoms with Crippen molar-refractivity contribution in [3.8, 4) is 0 Å². The first-order valence-electron chi connectivity index (χ1n) is 5.54. The maximum atomic E-state index is 12.1. The summed E-state index contributed by atoms with van der Waals surface area (Å²) in [6, 6.07) is 5.83. The standard InChI is InChI=1S/C12H12BrNO4S/c1-7(15)14-10(12(16)17)6-19(18)11(14)8-2-4-9(13)5-3-8/h2-5,10-11H,6H2,1H3,(H,16,17)/p-1/t10-,11+,19-/m1/s1. The fourth-order valence-corrected chi connectivity index (χ4v) is 4.19. The second-order valence-electron chi connectivity index (χ2n) is 4.21. The van der Waals surface area contributed by atoms with Crippen LogP contribution in [0.25, 0.3) is 0 Å². The van der Waals surface area contributed by atoms with Crippen molar-refractivity contribution >= 4 is 38.6 Å². The van der Waals surface area contributed by atoms with Crippen molar-refractivity contribution in [1.29, 1.82) is 0 Å². The lowest BCUT2D eigenvalue weighted by Crippen LogP contribution is -2.48. The Labute approximate surface area is 121 Å². The molecule has 1 aromatic carbocycles. The molecule has 1 aliphatic rings. The molecule has 0 unspecified atom stereocenters. The molecule has 19 heavy (non-hydrogen) atoms. The van der Waals surface area contributed by atoms with Gasteiger partial charge in [0.25, 0.3) is 0 Å². The first kappa shape index (κ1) is 14.2. The summed E-state index contributed by atoms with van der Waals surface area (Å²) in [5, 5.41) is 10.3. The molecule has 0 aliphatic carbocycles. The van der Waals surface area contributed by atoms with E-state index in [0.29, 0.717) is 5.56 Å². The van der Waals surface area contributed by atoms with Crippen molar-refractivity contribution < 1.29 is 18.9 Å². The summed E-state index contributed by atoms with van der Waals surface area (Å²) in [7, 11) is -1.45. The Balaban J connectivity index is 2.42. The van der Waals surface area contributed by atoms with Gasteiger partial charge in [-0.1, -0.05) is 28.1 Å². The molecule has 1 fully saturated rings. The molecule has 0 aromatic heterocycles. The summed E-state index contributed by atoms with van der Waals surface area (Å²) in [6.07, 6.45) is 0. The van der Waals surface area contributed by atoms with Crippen LogP contribution in [0.3, 0.4) is 0 Å². The number of carboxylic acids is 1. The van der Waals surface area contributed by atoms with Gasteiger partial charge in [0.1, 0.15) is 5.37 Å². The van der Waals surface area contributed by atoms with Crippen molar-refractivity contribution in [3.05, 3.63) is 34.3 Å². The van der Waals surface area contributed by atoms with Gasteiger partial charge in [-0.3, -0.25) is 9.00 Å². The van der Waals surface area contributed by atoms with Gasteiger partial charge in [0, 0.05) is 11.4 Å². The number of hydrogen-bond acceptors (Lipinski definition) is 4. The molecule has 1 saturated heterocycles. The van der Waals surface area contributed by atoms with E-state index >= 15 is 0 Å². The molecule has 1 amide bonds. The summed E-state index contributed by atoms with van der Waals surface area (Å²) in [4.78, 5) is 23.8. The molecule has 0 spiro atoms. The van der Waals surface area contributed by atoms with E-state index in [1.54, 1.807) is 24.3 Å². The molecule has 0 radical (unpaired) electrons. The highest BCUT2D eigenvalue weighted by Gasteiger charge is 2.42. The van der Waals surface area contributed by atoms with Crippen LogP contribution in [0.1, 0.15) is 17.9 Å². The molecular weight excluding hydrogens is 334 g/mol. The van der Waals surface area contributed by atoms with E-state index < -0.39 is 34.1 Å². The fraction of sp³-hybridized carbons (Fsp3) is 0.333. The SMILES string of the molecule is CC(=O)N1[C@@H](C(=O)[O-])C[S@@](=O)[C@H]1c1ccc(Br)cc1. The van der Waals surface area contributed by atoms with Crippen LogP contribution in [0.4, 0.5) is 0 Å². The Morgan fingerprint density at radius 3 is 2.42 bits per heavy atom. The van der Waals surface area contributed by atoms with Crippen molar-refractivity contribution in [2.75, 3.05) is 5.75 Å². The van der Waals surface area contributed by atoms with E-state index in [0.717, 1.165) is 9.37 Å². The maximum absolute atomic E-state index is 12.1. The summed E-state index contributed by atoms with van der Waals surface area (Å²) >= 11 is 3.29. The third kappa shape index (κ3) is 2.71. The highest BCUT2D eigenvalue weighted by Crippen LogP contribution is 2.34. The van der Waals surface area contributed by atoms with Gasteiger partial charge in [0.05, 0.1) is 28.6 Å². The second-order valence-corrected chi connectivity index (χ2v) is 6.67. The number of aliphatic carboxylic acids is 1. The quantitative estimate of drug-likeness (QED) is 0.766. The van der Waals surface area contributed by atoms with Gasteiger partial charge < -0.3 is 14.8 Å². The lowest BCUT2D eigenvalue weighted by molar-refractivity contribution is -0.310. The van der Waals surface area contributed by atoms with E-state index in [-0.39, 0.29) is 5.75 Å². The van der Waals surface area contributed by atoms with Crippen LogP contribution in [0, 0.1) is 0 Å². The molecule has 1 aromatic rings. The number of amides is 1. The van der Waals surface area contributed by atoms with Gasteiger partial charge in [-0.05, 0) is 17.7 Å². The minimum absolute atomic E-state index is 0.0946. The predicted octanol–water partition coefficient (Wildman–Crippen LogP) is 0.177. The van der Waals surface area contributed by atoms with Gasteiger partial charge in [-0.25, -0.2) is 0 Å². The summed E-state index contributed by atoms with van der Waals surface area (Å²) in [6.45, 7) is 1.27. The third-order valence-corrected chi connectivity index (χ3v) is 5.12. The molecule has 5 nitrogen and oxygen atoms in total. The Hall–Kier alpha value is -1.21. The highest BCUT2D eigenvalue weighted by molar-refractivity contribution is 9.10. The van der Waals surface area contributed by atoms with Crippen LogP contribution in [0.2, 0.25) is 0 Å². The first-order valence-corrected chi connectivity index (χ1v) is 7.71. The molecule has 0 N–H and O–H groups in total. The van der Waals surface area contributed by atoms with Gasteiger partial charge >= 0.3 is 0 Å². The number of carbonyl (C=O) groups excluding carboxylic acids is 2. The molecule has 102 valence electrons. The minimum atomic E-state index is -1.45. The number of carbonyl (C=O) groups is 2. The summed E-state index contributed by atoms with van der Waals surface area (Å²) < 4.78 is 13.0. The van der Waals surface area contributed by atoms with Crippen LogP contribution in [0.15, 0.2) is 28.7 Å². The van der Waals surface area contributed by atoms with Crippen LogP contribution < -0.4 is 5.11 Å². The predicted molar refractivity (Wildman–Crippen MR) is 71.2 cm³/mol. The first-order chi connectivity index (χ1) is 8.91. The molecular formula is C12H11BrNO4S-. The Morgan fingerprint density at radius 2 is 1.95 bits per heavy atom. The van der Waals surface area contributed by atoms with Crippen molar-refractivity contribution in [1.82, 2.24) is 4.90 Å². The molecule has 0 bridgehead atoms. The van der Waals surface area contributed by atoms with Crippen LogP contribution in [-0.2, 0) is 20.4 Å². The number of benzene rings is 1. The van der Waals surface area contributed by atoms with Crippen LogP contribution in [0.5, 0.6) is 0 Å². The van der Waals surface area contributed by atoms with Gasteiger partial charge in [0.15, 0.2) is 0 Å². The Kier molecular flexibility index (Phi) is 4.05. The fourth-order valence-electron chi connectivity index (χ4n) is 2.12. The topological polar surface area (TPSA) is 77.5 Å². The summed E-state index contributed by atoms with van der Waals surface area (Å²) in [5.74, 6) is -1.89. The molecule has 7 heteroatoms.